The van der Waals surface area contributed by atoms with Gasteiger partial charge in [0, 0.05) is 5.57 Å². The molecule has 66 valence electrons. The third-order valence-corrected chi connectivity index (χ3v) is 3.05. The van der Waals surface area contributed by atoms with Gasteiger partial charge in [0.25, 0.3) is 0 Å². The summed E-state index contributed by atoms with van der Waals surface area (Å²) in [6, 6.07) is 2.17. The van der Waals surface area contributed by atoms with Crippen molar-refractivity contribution in [2.24, 2.45) is 11.8 Å². The Kier molecular flexibility index (Phi) is 3.34. The van der Waals surface area contributed by atoms with E-state index in [1.165, 1.54) is 32.1 Å². The second kappa shape index (κ2) is 4.30. The lowest BCUT2D eigenvalue weighted by atomic mass is 9.78. The average molecular weight is 163 g/mol. The van der Waals surface area contributed by atoms with E-state index >= 15 is 0 Å². The zero-order valence-corrected chi connectivity index (χ0v) is 7.84. The van der Waals surface area contributed by atoms with E-state index in [4.69, 9.17) is 5.26 Å². The molecule has 1 saturated carbocycles. The monoisotopic (exact) mass is 163 g/mol. The van der Waals surface area contributed by atoms with Gasteiger partial charge in [0.2, 0.25) is 0 Å². The van der Waals surface area contributed by atoms with Crippen molar-refractivity contribution in [1.29, 1.82) is 5.26 Å². The van der Waals surface area contributed by atoms with Crippen LogP contribution in [0.1, 0.15) is 39.0 Å². The topological polar surface area (TPSA) is 23.8 Å². The predicted octanol–water partition coefficient (Wildman–Crippen LogP) is 3.28. The van der Waals surface area contributed by atoms with Crippen molar-refractivity contribution in [1.82, 2.24) is 0 Å². The lowest BCUT2D eigenvalue weighted by Gasteiger charge is -2.26. The van der Waals surface area contributed by atoms with Crippen molar-refractivity contribution in [3.05, 3.63) is 12.2 Å². The Labute approximate surface area is 75.1 Å². The molecule has 0 aromatic carbocycles. The van der Waals surface area contributed by atoms with Gasteiger partial charge in [-0.05, 0) is 24.7 Å². The zero-order valence-electron chi connectivity index (χ0n) is 7.84. The van der Waals surface area contributed by atoms with E-state index in [-0.39, 0.29) is 0 Å². The van der Waals surface area contributed by atoms with Gasteiger partial charge in [0.15, 0.2) is 0 Å². The maximum atomic E-state index is 8.69. The Hall–Kier alpha value is -0.770. The molecule has 1 fully saturated rings. The van der Waals surface area contributed by atoms with Crippen LogP contribution in [0, 0.1) is 23.2 Å². The van der Waals surface area contributed by atoms with E-state index in [0.717, 1.165) is 11.5 Å². The number of allylic oxidation sites excluding steroid dienone is 1. The maximum absolute atomic E-state index is 8.69. The van der Waals surface area contributed by atoms with Crippen molar-refractivity contribution in [3.63, 3.8) is 0 Å². The molecule has 0 amide bonds. The SMILES string of the molecule is C=C(C#N)C(C)C1CCCCC1. The molecule has 0 aliphatic heterocycles. The number of hydrogen-bond donors (Lipinski definition) is 0. The summed E-state index contributed by atoms with van der Waals surface area (Å²) in [6.45, 7) is 5.93. The van der Waals surface area contributed by atoms with Gasteiger partial charge in [-0.15, -0.1) is 0 Å². The molecule has 0 N–H and O–H groups in total. The van der Waals surface area contributed by atoms with E-state index in [2.05, 4.69) is 19.6 Å². The molecule has 0 spiro atoms. The fourth-order valence-corrected chi connectivity index (χ4v) is 2.02. The first-order valence-corrected chi connectivity index (χ1v) is 4.84. The van der Waals surface area contributed by atoms with Crippen molar-refractivity contribution in [2.75, 3.05) is 0 Å². The van der Waals surface area contributed by atoms with Crippen LogP contribution in [-0.2, 0) is 0 Å². The molecule has 1 rings (SSSR count). The Morgan fingerprint density at radius 2 is 2.00 bits per heavy atom. The molecule has 1 aliphatic carbocycles. The van der Waals surface area contributed by atoms with Crippen LogP contribution in [0.15, 0.2) is 12.2 Å². The quantitative estimate of drug-likeness (QED) is 0.573. The van der Waals surface area contributed by atoms with Gasteiger partial charge in [-0.25, -0.2) is 0 Å². The normalized spacial score (nSPS) is 21.3. The van der Waals surface area contributed by atoms with Crippen LogP contribution in [0.5, 0.6) is 0 Å². The first-order chi connectivity index (χ1) is 5.75. The van der Waals surface area contributed by atoms with Gasteiger partial charge < -0.3 is 0 Å². The van der Waals surface area contributed by atoms with Gasteiger partial charge in [0.1, 0.15) is 0 Å². The van der Waals surface area contributed by atoms with Crippen LogP contribution in [0.25, 0.3) is 0 Å². The lowest BCUT2D eigenvalue weighted by molar-refractivity contribution is 0.294. The fraction of sp³-hybridized carbons (Fsp3) is 0.727. The summed E-state index contributed by atoms with van der Waals surface area (Å²) in [7, 11) is 0. The molecule has 12 heavy (non-hydrogen) atoms. The number of rotatable bonds is 2. The van der Waals surface area contributed by atoms with Crippen LogP contribution in [0.4, 0.5) is 0 Å². The molecule has 1 unspecified atom stereocenters. The summed E-state index contributed by atoms with van der Waals surface area (Å²) in [4.78, 5) is 0. The minimum absolute atomic E-state index is 0.412. The Morgan fingerprint density at radius 3 is 2.50 bits per heavy atom. The van der Waals surface area contributed by atoms with Gasteiger partial charge in [-0.3, -0.25) is 0 Å². The van der Waals surface area contributed by atoms with Crippen LogP contribution >= 0.6 is 0 Å². The van der Waals surface area contributed by atoms with Crippen molar-refractivity contribution in [2.45, 2.75) is 39.0 Å². The average Bonchev–Trinajstić information content (AvgIpc) is 2.17. The van der Waals surface area contributed by atoms with Crippen molar-refractivity contribution < 1.29 is 0 Å². The largest absolute Gasteiger partial charge is 0.193 e. The number of nitrogens with zero attached hydrogens (tertiary/aromatic N) is 1. The molecule has 0 bridgehead atoms. The highest BCUT2D eigenvalue weighted by Gasteiger charge is 2.21. The molecule has 0 saturated heterocycles. The summed E-state index contributed by atoms with van der Waals surface area (Å²) in [5.41, 5.74) is 0.766. The Morgan fingerprint density at radius 1 is 1.42 bits per heavy atom. The van der Waals surface area contributed by atoms with Gasteiger partial charge in [0.05, 0.1) is 6.07 Å². The van der Waals surface area contributed by atoms with Crippen molar-refractivity contribution in [3.8, 4) is 6.07 Å². The second-order valence-corrected chi connectivity index (χ2v) is 3.82. The molecule has 1 nitrogen and oxygen atoms in total. The number of nitriles is 1. The van der Waals surface area contributed by atoms with E-state index in [9.17, 15) is 0 Å². The minimum atomic E-state index is 0.412. The van der Waals surface area contributed by atoms with Crippen LogP contribution < -0.4 is 0 Å². The van der Waals surface area contributed by atoms with Crippen LogP contribution in [-0.4, -0.2) is 0 Å². The molecule has 0 radical (unpaired) electrons. The highest BCUT2D eigenvalue weighted by molar-refractivity contribution is 5.19. The Bertz CT molecular complexity index is 194. The summed E-state index contributed by atoms with van der Waals surface area (Å²) in [5, 5.41) is 8.69. The van der Waals surface area contributed by atoms with E-state index < -0.39 is 0 Å². The second-order valence-electron chi connectivity index (χ2n) is 3.82. The first-order valence-electron chi connectivity index (χ1n) is 4.84. The maximum Gasteiger partial charge on any atom is 0.0943 e. The third-order valence-electron chi connectivity index (χ3n) is 3.05. The van der Waals surface area contributed by atoms with Gasteiger partial charge >= 0.3 is 0 Å². The van der Waals surface area contributed by atoms with Gasteiger partial charge in [-0.2, -0.15) is 5.26 Å². The van der Waals surface area contributed by atoms with E-state index in [1.54, 1.807) is 0 Å². The van der Waals surface area contributed by atoms with Crippen molar-refractivity contribution >= 4 is 0 Å². The molecule has 0 aromatic heterocycles. The summed E-state index contributed by atoms with van der Waals surface area (Å²) in [6.07, 6.45) is 6.65. The highest BCUT2D eigenvalue weighted by atomic mass is 14.3. The fourth-order valence-electron chi connectivity index (χ4n) is 2.02. The highest BCUT2D eigenvalue weighted by Crippen LogP contribution is 2.32. The first kappa shape index (κ1) is 9.32. The summed E-state index contributed by atoms with van der Waals surface area (Å²) < 4.78 is 0. The van der Waals surface area contributed by atoms with E-state index in [1.807, 2.05) is 0 Å². The predicted molar refractivity (Wildman–Crippen MR) is 50.5 cm³/mol. The van der Waals surface area contributed by atoms with Crippen LogP contribution in [0.2, 0.25) is 0 Å². The molecule has 1 atom stereocenters. The molecule has 0 heterocycles. The van der Waals surface area contributed by atoms with Gasteiger partial charge in [-0.1, -0.05) is 32.8 Å². The standard InChI is InChI=1S/C11H17N/c1-9(8-12)10(2)11-6-4-3-5-7-11/h10-11H,1,3-7H2,2H3. The summed E-state index contributed by atoms with van der Waals surface area (Å²) >= 11 is 0. The smallest absolute Gasteiger partial charge is 0.0943 e. The zero-order chi connectivity index (χ0) is 8.97. The van der Waals surface area contributed by atoms with E-state index in [0.29, 0.717) is 5.92 Å². The molecular weight excluding hydrogens is 146 g/mol. The summed E-state index contributed by atoms with van der Waals surface area (Å²) in [5.74, 6) is 1.14. The van der Waals surface area contributed by atoms with Crippen LogP contribution in [0.3, 0.4) is 0 Å². The molecule has 1 aliphatic rings. The number of hydrogen-bond acceptors (Lipinski definition) is 1. The third kappa shape index (κ3) is 2.11. The lowest BCUT2D eigenvalue weighted by Crippen LogP contribution is -2.16. The Balaban J connectivity index is 2.45. The molecule has 1 heteroatoms. The molecule has 0 aromatic rings. The molecular formula is C11H17N. The minimum Gasteiger partial charge on any atom is -0.193 e.